The Balaban J connectivity index is 1.61. The van der Waals surface area contributed by atoms with Crippen LogP contribution in [-0.2, 0) is 11.3 Å². The Bertz CT molecular complexity index is 794. The van der Waals surface area contributed by atoms with Crippen molar-refractivity contribution in [1.29, 1.82) is 0 Å². The van der Waals surface area contributed by atoms with E-state index >= 15 is 0 Å². The first-order valence-electron chi connectivity index (χ1n) is 8.25. The first kappa shape index (κ1) is 18.2. The molecule has 1 amide bonds. The molecule has 5 N–H and O–H groups in total. The summed E-state index contributed by atoms with van der Waals surface area (Å²) in [5, 5.41) is 5.92. The average Bonchev–Trinajstić information content (AvgIpc) is 3.03. The number of amides is 1. The second-order valence-electron chi connectivity index (χ2n) is 6.31. The fourth-order valence-electron chi connectivity index (χ4n) is 2.72. The molecule has 1 fully saturated rings. The minimum atomic E-state index is -0.675. The van der Waals surface area contributed by atoms with Crippen molar-refractivity contribution in [1.82, 2.24) is 21.7 Å². The standard InChI is InChI=1S/C18H21F2N5O/c1-10-3-4-15(5-11(10)2)22-17-16(23-25-24-17)18(26)21-9-12-6-13(19)8-14(20)7-12/h3-8,16-17,22-25H,9H2,1-2H3,(H,21,26). The van der Waals surface area contributed by atoms with Crippen LogP contribution in [0.4, 0.5) is 14.5 Å². The molecule has 0 spiro atoms. The Kier molecular flexibility index (Phi) is 5.46. The summed E-state index contributed by atoms with van der Waals surface area (Å²) < 4.78 is 26.4. The molecule has 0 bridgehead atoms. The number of rotatable bonds is 5. The van der Waals surface area contributed by atoms with Crippen molar-refractivity contribution in [2.45, 2.75) is 32.6 Å². The zero-order valence-electron chi connectivity index (χ0n) is 14.5. The summed E-state index contributed by atoms with van der Waals surface area (Å²) in [4.78, 5) is 12.4. The van der Waals surface area contributed by atoms with Gasteiger partial charge >= 0.3 is 0 Å². The summed E-state index contributed by atoms with van der Waals surface area (Å²) >= 11 is 0. The molecule has 0 aliphatic carbocycles. The van der Waals surface area contributed by atoms with Gasteiger partial charge in [0.2, 0.25) is 5.91 Å². The van der Waals surface area contributed by atoms with Crippen molar-refractivity contribution in [3.05, 3.63) is 64.7 Å². The van der Waals surface area contributed by atoms with Crippen LogP contribution in [0.1, 0.15) is 16.7 Å². The molecule has 138 valence electrons. The predicted octanol–water partition coefficient (Wildman–Crippen LogP) is 1.62. The number of hydrazine groups is 2. The minimum absolute atomic E-state index is 0.0298. The van der Waals surface area contributed by atoms with E-state index in [4.69, 9.17) is 0 Å². The van der Waals surface area contributed by atoms with Crippen molar-refractivity contribution >= 4 is 11.6 Å². The smallest absolute Gasteiger partial charge is 0.242 e. The highest BCUT2D eigenvalue weighted by molar-refractivity contribution is 5.83. The van der Waals surface area contributed by atoms with Crippen LogP contribution in [0.25, 0.3) is 0 Å². The first-order chi connectivity index (χ1) is 12.4. The van der Waals surface area contributed by atoms with Gasteiger partial charge in [0.05, 0.1) is 0 Å². The van der Waals surface area contributed by atoms with Gasteiger partial charge < -0.3 is 10.6 Å². The van der Waals surface area contributed by atoms with Gasteiger partial charge in [-0.05, 0) is 54.8 Å². The lowest BCUT2D eigenvalue weighted by Crippen LogP contribution is -2.50. The summed E-state index contributed by atoms with van der Waals surface area (Å²) in [6, 6.07) is 8.49. The maximum atomic E-state index is 13.2. The van der Waals surface area contributed by atoms with Gasteiger partial charge in [0.15, 0.2) is 0 Å². The van der Waals surface area contributed by atoms with Crippen molar-refractivity contribution in [3.8, 4) is 0 Å². The predicted molar refractivity (Wildman–Crippen MR) is 94.7 cm³/mol. The monoisotopic (exact) mass is 361 g/mol. The lowest BCUT2D eigenvalue weighted by molar-refractivity contribution is -0.123. The molecule has 8 heteroatoms. The Morgan fingerprint density at radius 3 is 2.46 bits per heavy atom. The largest absolute Gasteiger partial charge is 0.367 e. The van der Waals surface area contributed by atoms with Crippen LogP contribution in [0.5, 0.6) is 0 Å². The number of hydrogen-bond acceptors (Lipinski definition) is 5. The third-order valence-electron chi connectivity index (χ3n) is 4.29. The molecule has 1 aliphatic rings. The molecule has 1 heterocycles. The van der Waals surface area contributed by atoms with Crippen molar-refractivity contribution in [2.75, 3.05) is 5.32 Å². The Labute approximate surface area is 150 Å². The van der Waals surface area contributed by atoms with Gasteiger partial charge in [-0.15, -0.1) is 0 Å². The van der Waals surface area contributed by atoms with Crippen LogP contribution in [0, 0.1) is 25.5 Å². The minimum Gasteiger partial charge on any atom is -0.367 e. The number of benzene rings is 2. The van der Waals surface area contributed by atoms with E-state index in [9.17, 15) is 13.6 Å². The number of hydrogen-bond donors (Lipinski definition) is 5. The van der Waals surface area contributed by atoms with E-state index in [1.54, 1.807) is 0 Å². The maximum Gasteiger partial charge on any atom is 0.242 e. The number of nitrogens with one attached hydrogen (secondary N) is 5. The van der Waals surface area contributed by atoms with E-state index in [2.05, 4.69) is 27.0 Å². The molecular weight excluding hydrogens is 340 g/mol. The highest BCUT2D eigenvalue weighted by Gasteiger charge is 2.32. The van der Waals surface area contributed by atoms with Crippen LogP contribution in [0.2, 0.25) is 0 Å². The molecular formula is C18H21F2N5O. The number of carbonyl (C=O) groups excluding carboxylic acids is 1. The van der Waals surface area contributed by atoms with E-state index in [1.165, 1.54) is 17.7 Å². The highest BCUT2D eigenvalue weighted by Crippen LogP contribution is 2.16. The normalized spacial score (nSPS) is 19.4. The van der Waals surface area contributed by atoms with Crippen LogP contribution in [0.15, 0.2) is 36.4 Å². The second kappa shape index (κ2) is 7.77. The summed E-state index contributed by atoms with van der Waals surface area (Å²) in [6.07, 6.45) is -0.402. The molecule has 1 saturated heterocycles. The summed E-state index contributed by atoms with van der Waals surface area (Å²) in [5.41, 5.74) is 12.0. The summed E-state index contributed by atoms with van der Waals surface area (Å²) in [5.74, 6) is -1.66. The van der Waals surface area contributed by atoms with E-state index in [1.807, 2.05) is 32.0 Å². The molecule has 0 saturated carbocycles. The lowest BCUT2D eigenvalue weighted by atomic mass is 10.1. The van der Waals surface area contributed by atoms with Crippen LogP contribution in [0.3, 0.4) is 0 Å². The number of aryl methyl sites for hydroxylation is 2. The SMILES string of the molecule is Cc1ccc(NC2NNNC2C(=O)NCc2cc(F)cc(F)c2)cc1C. The van der Waals surface area contributed by atoms with Crippen LogP contribution in [-0.4, -0.2) is 18.1 Å². The van der Waals surface area contributed by atoms with Gasteiger partial charge in [0.1, 0.15) is 23.8 Å². The second-order valence-corrected chi connectivity index (χ2v) is 6.31. The molecule has 1 aliphatic heterocycles. The zero-order chi connectivity index (χ0) is 18.7. The Hall–Kier alpha value is -2.55. The number of anilines is 1. The van der Waals surface area contributed by atoms with E-state index in [0.717, 1.165) is 17.3 Å². The first-order valence-corrected chi connectivity index (χ1v) is 8.25. The number of carbonyl (C=O) groups is 1. The molecule has 2 atom stereocenters. The van der Waals surface area contributed by atoms with E-state index in [0.29, 0.717) is 5.56 Å². The molecule has 2 aromatic rings. The third kappa shape index (κ3) is 4.34. The molecule has 26 heavy (non-hydrogen) atoms. The fraction of sp³-hybridized carbons (Fsp3) is 0.278. The van der Waals surface area contributed by atoms with Gasteiger partial charge in [-0.25, -0.2) is 19.6 Å². The van der Waals surface area contributed by atoms with Gasteiger partial charge in [0.25, 0.3) is 0 Å². The van der Waals surface area contributed by atoms with Gasteiger partial charge in [-0.2, -0.15) is 5.53 Å². The van der Waals surface area contributed by atoms with Crippen molar-refractivity contribution in [3.63, 3.8) is 0 Å². The zero-order valence-corrected chi connectivity index (χ0v) is 14.5. The van der Waals surface area contributed by atoms with Crippen molar-refractivity contribution < 1.29 is 13.6 Å². The maximum absolute atomic E-state index is 13.2. The van der Waals surface area contributed by atoms with E-state index < -0.39 is 23.8 Å². The molecule has 0 aromatic heterocycles. The molecule has 3 rings (SSSR count). The summed E-state index contributed by atoms with van der Waals surface area (Å²) in [6.45, 7) is 4.07. The average molecular weight is 361 g/mol. The van der Waals surface area contributed by atoms with Crippen LogP contribution < -0.4 is 27.0 Å². The molecule has 2 aromatic carbocycles. The van der Waals surface area contributed by atoms with Crippen LogP contribution >= 0.6 is 0 Å². The third-order valence-corrected chi connectivity index (χ3v) is 4.29. The summed E-state index contributed by atoms with van der Waals surface area (Å²) in [7, 11) is 0. The van der Waals surface area contributed by atoms with Crippen molar-refractivity contribution in [2.24, 2.45) is 0 Å². The van der Waals surface area contributed by atoms with Gasteiger partial charge in [-0.1, -0.05) is 6.07 Å². The Morgan fingerprint density at radius 1 is 1.04 bits per heavy atom. The van der Waals surface area contributed by atoms with E-state index in [-0.39, 0.29) is 12.5 Å². The molecule has 0 radical (unpaired) electrons. The highest BCUT2D eigenvalue weighted by atomic mass is 19.1. The lowest BCUT2D eigenvalue weighted by Gasteiger charge is -2.20. The van der Waals surface area contributed by atoms with Gasteiger partial charge in [-0.3, -0.25) is 4.79 Å². The number of halogens is 2. The molecule has 2 unspecified atom stereocenters. The molecule has 6 nitrogen and oxygen atoms in total. The quantitative estimate of drug-likeness (QED) is 0.560. The fourth-order valence-corrected chi connectivity index (χ4v) is 2.72. The van der Waals surface area contributed by atoms with Gasteiger partial charge in [0, 0.05) is 18.3 Å². The Morgan fingerprint density at radius 2 is 1.77 bits per heavy atom. The topological polar surface area (TPSA) is 77.2 Å².